The first-order valence-corrected chi connectivity index (χ1v) is 4.04. The van der Waals surface area contributed by atoms with Crippen molar-refractivity contribution in [1.29, 1.82) is 0 Å². The van der Waals surface area contributed by atoms with Crippen molar-refractivity contribution in [3.05, 3.63) is 6.08 Å². The first kappa shape index (κ1) is 12.6. The summed E-state index contributed by atoms with van der Waals surface area (Å²) < 4.78 is 0. The van der Waals surface area contributed by atoms with Crippen LogP contribution in [0, 0.1) is 0 Å². The molecule has 0 bridgehead atoms. The first-order valence-electron chi connectivity index (χ1n) is 4.04. The van der Waals surface area contributed by atoms with E-state index in [-0.39, 0.29) is 6.04 Å². The van der Waals surface area contributed by atoms with Gasteiger partial charge in [0.2, 0.25) is 0 Å². The summed E-state index contributed by atoms with van der Waals surface area (Å²) in [5, 5.41) is 12.2. The SMILES string of the molecule is CON(C)CC(CC=C=O)NC(=O)O. The Hall–Kier alpha value is -1.36. The molecular formula is C8H14N2O4. The Morgan fingerprint density at radius 2 is 2.43 bits per heavy atom. The standard InChI is InChI=1S/C8H14N2O4/c1-10(14-2)6-7(4-3-5-11)9-8(12)13/h3,7,9H,4,6H2,1-2H3,(H,12,13). The third-order valence-electron chi connectivity index (χ3n) is 1.60. The number of nitrogens with one attached hydrogen (secondary N) is 1. The maximum absolute atomic E-state index is 10.4. The fourth-order valence-corrected chi connectivity index (χ4v) is 0.929. The fourth-order valence-electron chi connectivity index (χ4n) is 0.929. The Labute approximate surface area is 82.1 Å². The highest BCUT2D eigenvalue weighted by molar-refractivity contribution is 5.65. The quantitative estimate of drug-likeness (QED) is 0.464. The molecule has 0 saturated carbocycles. The third kappa shape index (κ3) is 6.19. The number of hydrogen-bond acceptors (Lipinski definition) is 4. The topological polar surface area (TPSA) is 78.9 Å². The highest BCUT2D eigenvalue weighted by Crippen LogP contribution is 1.95. The lowest BCUT2D eigenvalue weighted by Gasteiger charge is -2.20. The zero-order chi connectivity index (χ0) is 11.0. The summed E-state index contributed by atoms with van der Waals surface area (Å²) in [5.74, 6) is 1.60. The van der Waals surface area contributed by atoms with Crippen LogP contribution in [0.25, 0.3) is 0 Å². The van der Waals surface area contributed by atoms with Crippen LogP contribution in [0.5, 0.6) is 0 Å². The molecule has 0 saturated heterocycles. The summed E-state index contributed by atoms with van der Waals surface area (Å²) >= 11 is 0. The van der Waals surface area contributed by atoms with Crippen molar-refractivity contribution in [2.24, 2.45) is 0 Å². The smallest absolute Gasteiger partial charge is 0.404 e. The van der Waals surface area contributed by atoms with Gasteiger partial charge in [-0.1, -0.05) is 0 Å². The molecular weight excluding hydrogens is 188 g/mol. The zero-order valence-electron chi connectivity index (χ0n) is 8.19. The molecule has 1 amide bonds. The van der Waals surface area contributed by atoms with Gasteiger partial charge < -0.3 is 15.3 Å². The highest BCUT2D eigenvalue weighted by Gasteiger charge is 2.12. The molecule has 0 rings (SSSR count). The molecule has 0 spiro atoms. The number of likely N-dealkylation sites (N-methyl/N-ethyl adjacent to an activating group) is 1. The van der Waals surface area contributed by atoms with E-state index in [1.54, 1.807) is 13.0 Å². The first-order chi connectivity index (χ1) is 6.60. The van der Waals surface area contributed by atoms with Crippen LogP contribution in [-0.2, 0) is 9.63 Å². The molecule has 1 unspecified atom stereocenters. The zero-order valence-corrected chi connectivity index (χ0v) is 8.19. The normalized spacial score (nSPS) is 11.9. The number of hydroxylamine groups is 2. The maximum atomic E-state index is 10.4. The minimum atomic E-state index is -1.13. The molecule has 0 heterocycles. The van der Waals surface area contributed by atoms with Gasteiger partial charge in [-0.2, -0.15) is 5.06 Å². The molecule has 0 aliphatic carbocycles. The second-order valence-corrected chi connectivity index (χ2v) is 2.70. The molecule has 2 N–H and O–H groups in total. The summed E-state index contributed by atoms with van der Waals surface area (Å²) in [6, 6.07) is -0.376. The lowest BCUT2D eigenvalue weighted by Crippen LogP contribution is -2.41. The van der Waals surface area contributed by atoms with Crippen LogP contribution in [0.1, 0.15) is 6.42 Å². The Morgan fingerprint density at radius 3 is 2.86 bits per heavy atom. The van der Waals surface area contributed by atoms with Gasteiger partial charge >= 0.3 is 6.09 Å². The molecule has 6 nitrogen and oxygen atoms in total. The predicted molar refractivity (Wildman–Crippen MR) is 49.5 cm³/mol. The summed E-state index contributed by atoms with van der Waals surface area (Å²) in [4.78, 5) is 25.1. The second kappa shape index (κ2) is 7.08. The van der Waals surface area contributed by atoms with Crippen molar-refractivity contribution in [3.8, 4) is 0 Å². The molecule has 0 radical (unpaired) electrons. The molecule has 0 aromatic rings. The van der Waals surface area contributed by atoms with Gasteiger partial charge in [0, 0.05) is 19.7 Å². The van der Waals surface area contributed by atoms with Crippen LogP contribution >= 0.6 is 0 Å². The highest BCUT2D eigenvalue weighted by atomic mass is 16.7. The Bertz CT molecular complexity index is 221. The van der Waals surface area contributed by atoms with Gasteiger partial charge in [-0.05, 0) is 6.42 Å². The van der Waals surface area contributed by atoms with Crippen LogP contribution in [0.3, 0.4) is 0 Å². The van der Waals surface area contributed by atoms with Crippen LogP contribution in [-0.4, -0.2) is 48.9 Å². The van der Waals surface area contributed by atoms with Gasteiger partial charge in [0.05, 0.1) is 13.2 Å². The minimum Gasteiger partial charge on any atom is -0.465 e. The third-order valence-corrected chi connectivity index (χ3v) is 1.60. The molecule has 0 aromatic carbocycles. The van der Waals surface area contributed by atoms with E-state index in [2.05, 4.69) is 5.32 Å². The lowest BCUT2D eigenvalue weighted by molar-refractivity contribution is -0.113. The van der Waals surface area contributed by atoms with Crippen molar-refractivity contribution >= 4 is 12.0 Å². The van der Waals surface area contributed by atoms with Gasteiger partial charge in [-0.25, -0.2) is 9.59 Å². The largest absolute Gasteiger partial charge is 0.465 e. The van der Waals surface area contributed by atoms with Crippen LogP contribution in [0.15, 0.2) is 6.08 Å². The monoisotopic (exact) mass is 202 g/mol. The van der Waals surface area contributed by atoms with Gasteiger partial charge in [-0.3, -0.25) is 0 Å². The van der Waals surface area contributed by atoms with E-state index in [4.69, 9.17) is 9.94 Å². The number of rotatable bonds is 6. The van der Waals surface area contributed by atoms with E-state index in [1.165, 1.54) is 18.2 Å². The predicted octanol–water partition coefficient (Wildman–Crippen LogP) is -0.106. The second-order valence-electron chi connectivity index (χ2n) is 2.70. The molecule has 0 fully saturated rings. The summed E-state index contributed by atoms with van der Waals surface area (Å²) in [6.07, 6.45) is 0.409. The molecule has 14 heavy (non-hydrogen) atoms. The average molecular weight is 202 g/mol. The van der Waals surface area contributed by atoms with Crippen molar-refractivity contribution in [3.63, 3.8) is 0 Å². The Kier molecular flexibility index (Phi) is 6.39. The number of nitrogens with zero attached hydrogens (tertiary/aromatic N) is 1. The summed E-state index contributed by atoms with van der Waals surface area (Å²) in [6.45, 7) is 0.362. The van der Waals surface area contributed by atoms with Crippen LogP contribution in [0.2, 0.25) is 0 Å². The molecule has 6 heteroatoms. The minimum absolute atomic E-state index is 0.295. The van der Waals surface area contributed by atoms with Gasteiger partial charge in [0.1, 0.15) is 5.94 Å². The number of hydrogen-bond donors (Lipinski definition) is 2. The molecule has 80 valence electrons. The Balaban J connectivity index is 4.08. The number of carbonyl (C=O) groups is 1. The van der Waals surface area contributed by atoms with E-state index in [0.717, 1.165) is 0 Å². The molecule has 0 aliphatic rings. The van der Waals surface area contributed by atoms with Gasteiger partial charge in [0.15, 0.2) is 0 Å². The van der Waals surface area contributed by atoms with Gasteiger partial charge in [-0.15, -0.1) is 0 Å². The summed E-state index contributed by atoms with van der Waals surface area (Å²) in [5.41, 5.74) is 0. The van der Waals surface area contributed by atoms with E-state index < -0.39 is 6.09 Å². The van der Waals surface area contributed by atoms with Crippen LogP contribution in [0.4, 0.5) is 4.79 Å². The van der Waals surface area contributed by atoms with Gasteiger partial charge in [0.25, 0.3) is 0 Å². The van der Waals surface area contributed by atoms with Crippen molar-refractivity contribution in [2.45, 2.75) is 12.5 Å². The Morgan fingerprint density at radius 1 is 1.79 bits per heavy atom. The van der Waals surface area contributed by atoms with Crippen molar-refractivity contribution in [1.82, 2.24) is 10.4 Å². The van der Waals surface area contributed by atoms with E-state index in [1.807, 2.05) is 0 Å². The number of amides is 1. The molecule has 0 aliphatic heterocycles. The van der Waals surface area contributed by atoms with Crippen molar-refractivity contribution < 1.29 is 19.5 Å². The van der Waals surface area contributed by atoms with E-state index in [9.17, 15) is 9.59 Å². The van der Waals surface area contributed by atoms with Crippen molar-refractivity contribution in [2.75, 3.05) is 20.7 Å². The number of carboxylic acid groups (broad SMARTS) is 1. The molecule has 0 aromatic heterocycles. The lowest BCUT2D eigenvalue weighted by atomic mass is 10.2. The summed E-state index contributed by atoms with van der Waals surface area (Å²) in [7, 11) is 3.15. The maximum Gasteiger partial charge on any atom is 0.404 e. The van der Waals surface area contributed by atoms with E-state index >= 15 is 0 Å². The average Bonchev–Trinajstić information content (AvgIpc) is 2.13. The fraction of sp³-hybridized carbons (Fsp3) is 0.625. The molecule has 1 atom stereocenters. The van der Waals surface area contributed by atoms with E-state index in [0.29, 0.717) is 13.0 Å². The van der Waals surface area contributed by atoms with Crippen LogP contribution < -0.4 is 5.32 Å². The number of carbonyl (C=O) groups excluding carboxylic acids is 1.